The number of hydrogen-bond donors (Lipinski definition) is 1. The smallest absolute Gasteiger partial charge is 0.262 e. The Hall–Kier alpha value is -2.95. The van der Waals surface area contributed by atoms with Gasteiger partial charge in [0, 0.05) is 50.5 Å². The summed E-state index contributed by atoms with van der Waals surface area (Å²) in [5.41, 5.74) is 1.77. The van der Waals surface area contributed by atoms with Gasteiger partial charge in [-0.2, -0.15) is 4.31 Å². The largest absolute Gasteiger partial charge is 0.483 e. The number of carbonyl (C=O) groups is 2. The maximum Gasteiger partial charge on any atom is 0.262 e. The Kier molecular flexibility index (Phi) is 8.87. The molecule has 1 aliphatic heterocycles. The van der Waals surface area contributed by atoms with Crippen molar-refractivity contribution < 1.29 is 22.7 Å². The molecule has 9 nitrogen and oxygen atoms in total. The Balaban J connectivity index is 1.55. The molecule has 0 bridgehead atoms. The molecule has 10 heteroatoms. The molecular formula is C25H34N4O5S. The van der Waals surface area contributed by atoms with Crippen molar-refractivity contribution in [3.05, 3.63) is 53.6 Å². The van der Waals surface area contributed by atoms with Crippen molar-refractivity contribution in [2.24, 2.45) is 0 Å². The number of nitrogens with one attached hydrogen (secondary N) is 1. The SMILES string of the molecule is CCN(CC)S(=O)(=O)c1ccc(OCC(=O)Nc2ccc(C(=O)N3CCN(C)CC3)cc2)c(C)c1. The zero-order chi connectivity index (χ0) is 25.6. The van der Waals surface area contributed by atoms with Gasteiger partial charge < -0.3 is 19.9 Å². The second kappa shape index (κ2) is 11.7. The van der Waals surface area contributed by atoms with E-state index in [0.29, 0.717) is 48.7 Å². The van der Waals surface area contributed by atoms with Crippen molar-refractivity contribution in [3.63, 3.8) is 0 Å². The Labute approximate surface area is 207 Å². The van der Waals surface area contributed by atoms with E-state index in [4.69, 9.17) is 4.74 Å². The molecule has 2 aromatic carbocycles. The molecule has 0 aliphatic carbocycles. The average molecular weight is 503 g/mol. The molecule has 0 saturated carbocycles. The zero-order valence-corrected chi connectivity index (χ0v) is 21.6. The summed E-state index contributed by atoms with van der Waals surface area (Å²) in [6.07, 6.45) is 0. The third-order valence-corrected chi connectivity index (χ3v) is 8.10. The molecule has 190 valence electrons. The van der Waals surface area contributed by atoms with Crippen LogP contribution in [0.2, 0.25) is 0 Å². The van der Waals surface area contributed by atoms with Crippen LogP contribution in [0.3, 0.4) is 0 Å². The average Bonchev–Trinajstić information content (AvgIpc) is 2.84. The number of likely N-dealkylation sites (N-methyl/N-ethyl adjacent to an activating group) is 1. The summed E-state index contributed by atoms with van der Waals surface area (Å²) >= 11 is 0. The van der Waals surface area contributed by atoms with Crippen LogP contribution in [0.25, 0.3) is 0 Å². The molecule has 1 heterocycles. The summed E-state index contributed by atoms with van der Waals surface area (Å²) < 4.78 is 32.4. The second-order valence-corrected chi connectivity index (χ2v) is 10.5. The Bertz CT molecular complexity index is 1140. The van der Waals surface area contributed by atoms with E-state index in [9.17, 15) is 18.0 Å². The van der Waals surface area contributed by atoms with Gasteiger partial charge in [0.15, 0.2) is 6.61 Å². The normalized spacial score (nSPS) is 14.7. The number of nitrogens with zero attached hydrogens (tertiary/aromatic N) is 3. The predicted octanol–water partition coefficient (Wildman–Crippen LogP) is 2.43. The third kappa shape index (κ3) is 6.59. The lowest BCUT2D eigenvalue weighted by Gasteiger charge is -2.32. The number of rotatable bonds is 9. The highest BCUT2D eigenvalue weighted by atomic mass is 32.2. The second-order valence-electron chi connectivity index (χ2n) is 8.53. The van der Waals surface area contributed by atoms with Crippen LogP contribution in [0, 0.1) is 6.92 Å². The van der Waals surface area contributed by atoms with Crippen LogP contribution in [0.4, 0.5) is 5.69 Å². The Morgan fingerprint density at radius 3 is 2.20 bits per heavy atom. The Morgan fingerprint density at radius 2 is 1.63 bits per heavy atom. The standard InChI is InChI=1S/C25H34N4O5S/c1-5-29(6-2)35(32,33)22-11-12-23(19(3)17-22)34-18-24(30)26-21-9-7-20(8-10-21)25(31)28-15-13-27(4)14-16-28/h7-12,17H,5-6,13-16,18H2,1-4H3,(H,26,30). The quantitative estimate of drug-likeness (QED) is 0.566. The first-order valence-electron chi connectivity index (χ1n) is 11.8. The lowest BCUT2D eigenvalue weighted by atomic mass is 10.1. The fourth-order valence-electron chi connectivity index (χ4n) is 3.89. The molecular weight excluding hydrogens is 468 g/mol. The van der Waals surface area contributed by atoms with Gasteiger partial charge in [0.25, 0.3) is 11.8 Å². The zero-order valence-electron chi connectivity index (χ0n) is 20.8. The number of ether oxygens (including phenoxy) is 1. The van der Waals surface area contributed by atoms with Crippen molar-refractivity contribution in [2.75, 3.05) is 58.2 Å². The van der Waals surface area contributed by atoms with E-state index in [0.717, 1.165) is 13.1 Å². The number of anilines is 1. The number of benzene rings is 2. The van der Waals surface area contributed by atoms with Gasteiger partial charge in [-0.15, -0.1) is 0 Å². The minimum Gasteiger partial charge on any atom is -0.483 e. The van der Waals surface area contributed by atoms with Gasteiger partial charge in [0.2, 0.25) is 10.0 Å². The molecule has 1 N–H and O–H groups in total. The first-order chi connectivity index (χ1) is 16.6. The molecule has 1 aliphatic rings. The molecule has 2 amide bonds. The van der Waals surface area contributed by atoms with Crippen molar-refractivity contribution in [2.45, 2.75) is 25.7 Å². The van der Waals surface area contributed by atoms with Gasteiger partial charge in [-0.3, -0.25) is 9.59 Å². The molecule has 1 saturated heterocycles. The number of carbonyl (C=O) groups excluding carboxylic acids is 2. The van der Waals surface area contributed by atoms with E-state index in [2.05, 4.69) is 10.2 Å². The highest BCUT2D eigenvalue weighted by Crippen LogP contribution is 2.24. The van der Waals surface area contributed by atoms with Gasteiger partial charge in [-0.25, -0.2) is 8.42 Å². The lowest BCUT2D eigenvalue weighted by Crippen LogP contribution is -2.47. The highest BCUT2D eigenvalue weighted by Gasteiger charge is 2.23. The van der Waals surface area contributed by atoms with Gasteiger partial charge in [0.05, 0.1) is 4.90 Å². The summed E-state index contributed by atoms with van der Waals surface area (Å²) in [6.45, 7) is 8.99. The van der Waals surface area contributed by atoms with Gasteiger partial charge >= 0.3 is 0 Å². The van der Waals surface area contributed by atoms with Crippen LogP contribution in [0.5, 0.6) is 5.75 Å². The molecule has 0 atom stereocenters. The lowest BCUT2D eigenvalue weighted by molar-refractivity contribution is -0.118. The molecule has 0 aromatic heterocycles. The van der Waals surface area contributed by atoms with Crippen molar-refractivity contribution in [3.8, 4) is 5.75 Å². The van der Waals surface area contributed by atoms with E-state index < -0.39 is 10.0 Å². The number of sulfonamides is 1. The van der Waals surface area contributed by atoms with E-state index in [-0.39, 0.29) is 23.3 Å². The fraction of sp³-hybridized carbons (Fsp3) is 0.440. The van der Waals surface area contributed by atoms with E-state index in [1.807, 2.05) is 11.9 Å². The minimum absolute atomic E-state index is 0.0127. The fourth-order valence-corrected chi connectivity index (χ4v) is 5.43. The molecule has 0 spiro atoms. The third-order valence-electron chi connectivity index (χ3n) is 6.05. The summed E-state index contributed by atoms with van der Waals surface area (Å²) in [6, 6.07) is 11.4. The molecule has 35 heavy (non-hydrogen) atoms. The number of amides is 2. The summed E-state index contributed by atoms with van der Waals surface area (Å²) in [7, 11) is -1.52. The van der Waals surface area contributed by atoms with E-state index in [1.54, 1.807) is 57.2 Å². The van der Waals surface area contributed by atoms with E-state index >= 15 is 0 Å². The molecule has 3 rings (SSSR count). The van der Waals surface area contributed by atoms with Gasteiger partial charge in [-0.1, -0.05) is 13.8 Å². The van der Waals surface area contributed by atoms with Gasteiger partial charge in [-0.05, 0) is 62.0 Å². The first-order valence-corrected chi connectivity index (χ1v) is 13.2. The van der Waals surface area contributed by atoms with Crippen LogP contribution < -0.4 is 10.1 Å². The van der Waals surface area contributed by atoms with Crippen LogP contribution in [0.1, 0.15) is 29.8 Å². The highest BCUT2D eigenvalue weighted by molar-refractivity contribution is 7.89. The Morgan fingerprint density at radius 1 is 1.00 bits per heavy atom. The summed E-state index contributed by atoms with van der Waals surface area (Å²) in [5.74, 6) is 0.0652. The number of piperazine rings is 1. The molecule has 0 unspecified atom stereocenters. The number of hydrogen-bond acceptors (Lipinski definition) is 6. The molecule has 0 radical (unpaired) electrons. The van der Waals surface area contributed by atoms with Crippen LogP contribution in [-0.4, -0.2) is 87.3 Å². The topological polar surface area (TPSA) is 99.3 Å². The predicted molar refractivity (Wildman–Crippen MR) is 135 cm³/mol. The van der Waals surface area contributed by atoms with Crippen molar-refractivity contribution in [1.29, 1.82) is 0 Å². The van der Waals surface area contributed by atoms with Crippen molar-refractivity contribution >= 4 is 27.5 Å². The van der Waals surface area contributed by atoms with Crippen molar-refractivity contribution in [1.82, 2.24) is 14.1 Å². The van der Waals surface area contributed by atoms with Crippen LogP contribution >= 0.6 is 0 Å². The van der Waals surface area contributed by atoms with Gasteiger partial charge in [0.1, 0.15) is 5.75 Å². The summed E-state index contributed by atoms with van der Waals surface area (Å²) in [4.78, 5) is 29.2. The number of aryl methyl sites for hydroxylation is 1. The maximum atomic E-state index is 12.7. The first kappa shape index (κ1) is 26.7. The molecule has 2 aromatic rings. The van der Waals surface area contributed by atoms with E-state index in [1.165, 1.54) is 10.4 Å². The monoisotopic (exact) mass is 502 g/mol. The minimum atomic E-state index is -3.56. The van der Waals surface area contributed by atoms with Crippen LogP contribution in [-0.2, 0) is 14.8 Å². The maximum absolute atomic E-state index is 12.7. The van der Waals surface area contributed by atoms with Crippen LogP contribution in [0.15, 0.2) is 47.4 Å². The molecule has 1 fully saturated rings. The summed E-state index contributed by atoms with van der Waals surface area (Å²) in [5, 5.41) is 2.75.